The Hall–Kier alpha value is -1.74. The number of hydrogen-bond acceptors (Lipinski definition) is 2. The van der Waals surface area contributed by atoms with E-state index in [4.69, 9.17) is 17.3 Å². The Labute approximate surface area is 98.1 Å². The minimum Gasteiger partial charge on any atom is -0.394 e. The molecule has 0 radical (unpaired) electrons. The number of nitrogens with two attached hydrogens (primary N) is 1. The first-order chi connectivity index (χ1) is 7.66. The van der Waals surface area contributed by atoms with E-state index in [1.54, 1.807) is 12.4 Å². The molecule has 4 heteroatoms. The van der Waals surface area contributed by atoms with Gasteiger partial charge in [0.15, 0.2) is 0 Å². The molecule has 0 bridgehead atoms. The number of aromatic nitrogens is 1. The second kappa shape index (κ2) is 4.41. The van der Waals surface area contributed by atoms with Crippen molar-refractivity contribution in [1.29, 1.82) is 0 Å². The third-order valence-corrected chi connectivity index (χ3v) is 2.69. The van der Waals surface area contributed by atoms with Crippen LogP contribution in [-0.4, -0.2) is 4.57 Å². The minimum atomic E-state index is -0.157. The molecular formula is C12H11ClN2O. The molecule has 82 valence electrons. The molecular weight excluding hydrogens is 224 g/mol. The van der Waals surface area contributed by atoms with E-state index in [2.05, 4.69) is 0 Å². The lowest BCUT2D eigenvalue weighted by atomic mass is 10.2. The number of rotatable bonds is 2. The first-order valence-corrected chi connectivity index (χ1v) is 5.23. The van der Waals surface area contributed by atoms with E-state index in [1.165, 1.54) is 6.07 Å². The van der Waals surface area contributed by atoms with Gasteiger partial charge in [0, 0.05) is 30.0 Å². The molecule has 0 fully saturated rings. The molecule has 0 aliphatic rings. The Bertz CT molecular complexity index is 563. The molecule has 0 aliphatic heterocycles. The molecule has 0 atom stereocenters. The number of pyridine rings is 1. The van der Waals surface area contributed by atoms with E-state index in [0.29, 0.717) is 11.6 Å². The highest BCUT2D eigenvalue weighted by Gasteiger charge is 2.00. The van der Waals surface area contributed by atoms with E-state index in [1.807, 2.05) is 28.8 Å². The Morgan fingerprint density at radius 1 is 1.25 bits per heavy atom. The highest BCUT2D eigenvalue weighted by molar-refractivity contribution is 6.31. The van der Waals surface area contributed by atoms with Gasteiger partial charge in [0.05, 0.1) is 5.69 Å². The van der Waals surface area contributed by atoms with E-state index < -0.39 is 0 Å². The average Bonchev–Trinajstić information content (AvgIpc) is 2.27. The summed E-state index contributed by atoms with van der Waals surface area (Å²) < 4.78 is 1.83. The van der Waals surface area contributed by atoms with E-state index in [-0.39, 0.29) is 11.1 Å². The smallest absolute Gasteiger partial charge is 0.204 e. The molecule has 0 unspecified atom stereocenters. The van der Waals surface area contributed by atoms with E-state index in [0.717, 1.165) is 5.56 Å². The lowest BCUT2D eigenvalue weighted by Crippen LogP contribution is -2.11. The fraction of sp³-hybridized carbons (Fsp3) is 0.0833. The number of hydrogen-bond donors (Lipinski definition) is 1. The monoisotopic (exact) mass is 234 g/mol. The van der Waals surface area contributed by atoms with E-state index >= 15 is 0 Å². The summed E-state index contributed by atoms with van der Waals surface area (Å²) in [5.74, 6) is 0. The number of nitrogen functional groups attached to an aromatic ring is 1. The zero-order chi connectivity index (χ0) is 11.5. The van der Waals surface area contributed by atoms with Gasteiger partial charge in [0.25, 0.3) is 0 Å². The summed E-state index contributed by atoms with van der Waals surface area (Å²) in [6.45, 7) is 0.601. The summed E-state index contributed by atoms with van der Waals surface area (Å²) in [7, 11) is 0. The normalized spacial score (nSPS) is 10.3. The van der Waals surface area contributed by atoms with Crippen LogP contribution in [0.3, 0.4) is 0 Å². The first-order valence-electron chi connectivity index (χ1n) is 4.86. The molecule has 16 heavy (non-hydrogen) atoms. The van der Waals surface area contributed by atoms with Crippen LogP contribution in [0.2, 0.25) is 5.02 Å². The molecule has 2 aromatic rings. The Balaban J connectivity index is 2.31. The van der Waals surface area contributed by atoms with Gasteiger partial charge in [-0.1, -0.05) is 29.8 Å². The van der Waals surface area contributed by atoms with Crippen molar-refractivity contribution in [2.45, 2.75) is 6.54 Å². The maximum Gasteiger partial charge on any atom is 0.204 e. The molecule has 0 aliphatic carbocycles. The number of nitrogens with zero attached hydrogens (tertiary/aromatic N) is 1. The second-order valence-electron chi connectivity index (χ2n) is 3.53. The number of anilines is 1. The van der Waals surface area contributed by atoms with Crippen molar-refractivity contribution in [3.63, 3.8) is 0 Å². The highest BCUT2D eigenvalue weighted by Crippen LogP contribution is 2.15. The molecule has 2 N–H and O–H groups in total. The third kappa shape index (κ3) is 2.25. The zero-order valence-corrected chi connectivity index (χ0v) is 9.32. The predicted octanol–water partition coefficient (Wildman–Crippen LogP) is 2.13. The lowest BCUT2D eigenvalue weighted by molar-refractivity contribution is 0.791. The highest BCUT2D eigenvalue weighted by atomic mass is 35.5. The van der Waals surface area contributed by atoms with Crippen LogP contribution in [-0.2, 0) is 6.54 Å². The molecule has 3 nitrogen and oxygen atoms in total. The maximum atomic E-state index is 11.1. The third-order valence-electron chi connectivity index (χ3n) is 2.32. The fourth-order valence-electron chi connectivity index (χ4n) is 1.47. The van der Waals surface area contributed by atoms with Gasteiger partial charge in [-0.25, -0.2) is 0 Å². The largest absolute Gasteiger partial charge is 0.394 e. The van der Waals surface area contributed by atoms with Crippen LogP contribution < -0.4 is 11.2 Å². The molecule has 0 saturated carbocycles. The van der Waals surface area contributed by atoms with Crippen LogP contribution in [0.4, 0.5) is 5.69 Å². The molecule has 1 aromatic carbocycles. The van der Waals surface area contributed by atoms with Crippen molar-refractivity contribution < 1.29 is 0 Å². The molecule has 0 spiro atoms. The standard InChI is InChI=1S/C12H11ClN2O/c13-10-4-2-1-3-9(10)7-15-6-5-12(16)11(14)8-15/h1-6,8H,7,14H2. The van der Waals surface area contributed by atoms with Crippen LogP contribution in [0.25, 0.3) is 0 Å². The van der Waals surface area contributed by atoms with Crippen LogP contribution in [0, 0.1) is 0 Å². The van der Waals surface area contributed by atoms with Crippen molar-refractivity contribution in [3.05, 3.63) is 63.5 Å². The summed E-state index contributed by atoms with van der Waals surface area (Å²) in [5, 5.41) is 0.708. The summed E-state index contributed by atoms with van der Waals surface area (Å²) in [4.78, 5) is 11.1. The molecule has 0 saturated heterocycles. The van der Waals surface area contributed by atoms with Gasteiger partial charge >= 0.3 is 0 Å². The summed E-state index contributed by atoms with van der Waals surface area (Å²) in [6.07, 6.45) is 3.31. The molecule has 2 rings (SSSR count). The number of halogens is 1. The molecule has 1 heterocycles. The van der Waals surface area contributed by atoms with Gasteiger partial charge in [-0.15, -0.1) is 0 Å². The van der Waals surface area contributed by atoms with Crippen molar-refractivity contribution in [2.24, 2.45) is 0 Å². The Morgan fingerprint density at radius 2 is 2.00 bits per heavy atom. The van der Waals surface area contributed by atoms with E-state index in [9.17, 15) is 4.79 Å². The lowest BCUT2D eigenvalue weighted by Gasteiger charge is -2.08. The average molecular weight is 235 g/mol. The van der Waals surface area contributed by atoms with Gasteiger partial charge in [-0.05, 0) is 11.6 Å². The van der Waals surface area contributed by atoms with Gasteiger partial charge in [-0.3, -0.25) is 4.79 Å². The Kier molecular flexibility index (Phi) is 2.97. The SMILES string of the molecule is Nc1cn(Cc2ccccc2Cl)ccc1=O. The topological polar surface area (TPSA) is 48.0 Å². The predicted molar refractivity (Wildman–Crippen MR) is 65.7 cm³/mol. The van der Waals surface area contributed by atoms with Crippen LogP contribution in [0.15, 0.2) is 47.5 Å². The van der Waals surface area contributed by atoms with Crippen LogP contribution in [0.5, 0.6) is 0 Å². The first kappa shape index (κ1) is 10.8. The summed E-state index contributed by atoms with van der Waals surface area (Å²) >= 11 is 6.04. The minimum absolute atomic E-state index is 0.157. The summed E-state index contributed by atoms with van der Waals surface area (Å²) in [5.41, 5.74) is 6.63. The van der Waals surface area contributed by atoms with Crippen molar-refractivity contribution in [3.8, 4) is 0 Å². The zero-order valence-electron chi connectivity index (χ0n) is 8.56. The van der Waals surface area contributed by atoms with Crippen LogP contribution in [0.1, 0.15) is 5.56 Å². The second-order valence-corrected chi connectivity index (χ2v) is 3.94. The van der Waals surface area contributed by atoms with Gasteiger partial charge in [-0.2, -0.15) is 0 Å². The van der Waals surface area contributed by atoms with Crippen LogP contribution >= 0.6 is 11.6 Å². The van der Waals surface area contributed by atoms with Gasteiger partial charge in [0.2, 0.25) is 5.43 Å². The Morgan fingerprint density at radius 3 is 2.69 bits per heavy atom. The maximum absolute atomic E-state index is 11.1. The van der Waals surface area contributed by atoms with Gasteiger partial charge in [0.1, 0.15) is 0 Å². The van der Waals surface area contributed by atoms with Crippen molar-refractivity contribution in [2.75, 3.05) is 5.73 Å². The van der Waals surface area contributed by atoms with Crippen molar-refractivity contribution in [1.82, 2.24) is 4.57 Å². The fourth-order valence-corrected chi connectivity index (χ4v) is 1.66. The molecule has 0 amide bonds. The number of benzene rings is 1. The summed E-state index contributed by atoms with van der Waals surface area (Å²) in [6, 6.07) is 9.03. The quantitative estimate of drug-likeness (QED) is 0.866. The molecule has 1 aromatic heterocycles. The van der Waals surface area contributed by atoms with Crippen molar-refractivity contribution >= 4 is 17.3 Å². The van der Waals surface area contributed by atoms with Gasteiger partial charge < -0.3 is 10.3 Å².